The molecule has 2 aromatic carbocycles. The smallest absolute Gasteiger partial charge is 0.244 e. The Morgan fingerprint density at radius 3 is 3.07 bits per heavy atom. The molecular formula is C20H17ClFN3O3. The molecule has 0 saturated carbocycles. The molecule has 0 bridgehead atoms. The summed E-state index contributed by atoms with van der Waals surface area (Å²) in [4.78, 5) is 16.5. The van der Waals surface area contributed by atoms with Crippen LogP contribution in [0.5, 0.6) is 11.5 Å². The maximum atomic E-state index is 13.3. The van der Waals surface area contributed by atoms with E-state index in [2.05, 4.69) is 10.3 Å². The van der Waals surface area contributed by atoms with Crippen molar-refractivity contribution in [3.63, 3.8) is 0 Å². The molecule has 1 aromatic heterocycles. The number of nitrogens with zero attached hydrogens (tertiary/aromatic N) is 2. The monoisotopic (exact) mass is 401 g/mol. The van der Waals surface area contributed by atoms with Crippen molar-refractivity contribution in [2.24, 2.45) is 7.05 Å². The highest BCUT2D eigenvalue weighted by Gasteiger charge is 2.17. The molecule has 6 nitrogen and oxygen atoms in total. The second-order valence-corrected chi connectivity index (χ2v) is 6.74. The molecule has 0 radical (unpaired) electrons. The van der Waals surface area contributed by atoms with E-state index in [4.69, 9.17) is 21.1 Å². The van der Waals surface area contributed by atoms with E-state index in [-0.39, 0.29) is 18.5 Å². The Hall–Kier alpha value is -3.06. The molecule has 3 aromatic rings. The van der Waals surface area contributed by atoms with Gasteiger partial charge in [-0.15, -0.1) is 0 Å². The van der Waals surface area contributed by atoms with Gasteiger partial charge in [-0.25, -0.2) is 9.37 Å². The number of imidazole rings is 1. The number of ether oxygens (including phenoxy) is 2. The van der Waals surface area contributed by atoms with Gasteiger partial charge in [0.1, 0.15) is 11.6 Å². The molecule has 1 N–H and O–H groups in total. The molecule has 2 heterocycles. The van der Waals surface area contributed by atoms with Crippen molar-refractivity contribution in [3.05, 3.63) is 58.6 Å². The number of aryl methyl sites for hydroxylation is 1. The van der Waals surface area contributed by atoms with Crippen LogP contribution in [0.25, 0.3) is 17.1 Å². The zero-order valence-corrected chi connectivity index (χ0v) is 15.8. The number of benzene rings is 2. The molecule has 4 rings (SSSR count). The van der Waals surface area contributed by atoms with Gasteiger partial charge in [0, 0.05) is 32.2 Å². The number of fused-ring (bicyclic) bond motifs is 2. The second kappa shape index (κ2) is 7.52. The topological polar surface area (TPSA) is 65.4 Å². The molecule has 1 aliphatic heterocycles. The summed E-state index contributed by atoms with van der Waals surface area (Å²) in [6.07, 6.45) is 3.61. The summed E-state index contributed by atoms with van der Waals surface area (Å²) in [6, 6.07) is 7.96. The third kappa shape index (κ3) is 3.66. The molecule has 1 aliphatic rings. The fourth-order valence-electron chi connectivity index (χ4n) is 3.06. The zero-order valence-electron chi connectivity index (χ0n) is 15.0. The van der Waals surface area contributed by atoms with Gasteiger partial charge >= 0.3 is 0 Å². The van der Waals surface area contributed by atoms with Crippen molar-refractivity contribution in [1.82, 2.24) is 14.9 Å². The van der Waals surface area contributed by atoms with Gasteiger partial charge in [-0.2, -0.15) is 0 Å². The van der Waals surface area contributed by atoms with E-state index in [1.54, 1.807) is 24.3 Å². The predicted octanol–water partition coefficient (Wildman–Crippen LogP) is 3.47. The van der Waals surface area contributed by atoms with Crippen LogP contribution in [0, 0.1) is 5.82 Å². The maximum Gasteiger partial charge on any atom is 0.244 e. The first-order valence-electron chi connectivity index (χ1n) is 8.67. The summed E-state index contributed by atoms with van der Waals surface area (Å²) >= 11 is 6.13. The molecule has 1 amide bonds. The number of rotatable bonds is 5. The van der Waals surface area contributed by atoms with Gasteiger partial charge in [-0.3, -0.25) is 4.79 Å². The van der Waals surface area contributed by atoms with Crippen molar-refractivity contribution in [2.75, 3.05) is 13.3 Å². The van der Waals surface area contributed by atoms with Crippen LogP contribution < -0.4 is 14.8 Å². The lowest BCUT2D eigenvalue weighted by molar-refractivity contribution is -0.116. The minimum Gasteiger partial charge on any atom is -0.454 e. The molecule has 28 heavy (non-hydrogen) atoms. The molecular weight excluding hydrogens is 385 g/mol. The van der Waals surface area contributed by atoms with Gasteiger partial charge in [0.25, 0.3) is 0 Å². The maximum absolute atomic E-state index is 13.3. The number of hydrogen-bond donors (Lipinski definition) is 1. The molecule has 0 aliphatic carbocycles. The van der Waals surface area contributed by atoms with Crippen LogP contribution in [-0.2, 0) is 18.3 Å². The molecule has 144 valence electrons. The Balaban J connectivity index is 1.36. The fourth-order valence-corrected chi connectivity index (χ4v) is 3.33. The first-order valence-corrected chi connectivity index (χ1v) is 9.05. The Morgan fingerprint density at radius 1 is 1.36 bits per heavy atom. The Bertz CT molecular complexity index is 1090. The average Bonchev–Trinajstić information content (AvgIpc) is 3.25. The highest BCUT2D eigenvalue weighted by molar-refractivity contribution is 6.32. The van der Waals surface area contributed by atoms with E-state index in [1.165, 1.54) is 18.2 Å². The molecule has 8 heteroatoms. The number of halogens is 2. The van der Waals surface area contributed by atoms with Crippen molar-refractivity contribution in [1.29, 1.82) is 0 Å². The van der Waals surface area contributed by atoms with Crippen LogP contribution in [-0.4, -0.2) is 28.8 Å². The highest BCUT2D eigenvalue weighted by Crippen LogP contribution is 2.40. The van der Waals surface area contributed by atoms with Crippen LogP contribution in [0.15, 0.2) is 36.4 Å². The van der Waals surface area contributed by atoms with E-state index in [0.29, 0.717) is 35.0 Å². The van der Waals surface area contributed by atoms with Crippen molar-refractivity contribution in [2.45, 2.75) is 6.42 Å². The molecule has 0 saturated heterocycles. The lowest BCUT2D eigenvalue weighted by Crippen LogP contribution is -2.24. The fraction of sp³-hybridized carbons (Fsp3) is 0.200. The van der Waals surface area contributed by atoms with Gasteiger partial charge in [-0.1, -0.05) is 11.6 Å². The minimum atomic E-state index is -0.320. The van der Waals surface area contributed by atoms with Crippen LogP contribution in [0.2, 0.25) is 5.02 Å². The largest absolute Gasteiger partial charge is 0.454 e. The number of carbonyl (C=O) groups excluding carboxylic acids is 1. The number of carbonyl (C=O) groups is 1. The van der Waals surface area contributed by atoms with E-state index in [1.807, 2.05) is 11.6 Å². The third-order valence-corrected chi connectivity index (χ3v) is 4.74. The van der Waals surface area contributed by atoms with Gasteiger partial charge in [0.15, 0.2) is 11.5 Å². The highest BCUT2D eigenvalue weighted by atomic mass is 35.5. The summed E-state index contributed by atoms with van der Waals surface area (Å²) in [7, 11) is 1.87. The van der Waals surface area contributed by atoms with Crippen LogP contribution >= 0.6 is 11.6 Å². The molecule has 0 spiro atoms. The lowest BCUT2D eigenvalue weighted by Gasteiger charge is -2.04. The quantitative estimate of drug-likeness (QED) is 0.665. The Labute approximate surface area is 165 Å². The van der Waals surface area contributed by atoms with E-state index < -0.39 is 0 Å². The normalized spacial score (nSPS) is 12.8. The van der Waals surface area contributed by atoms with Crippen molar-refractivity contribution < 1.29 is 18.7 Å². The first-order chi connectivity index (χ1) is 13.5. The van der Waals surface area contributed by atoms with E-state index in [9.17, 15) is 9.18 Å². The predicted molar refractivity (Wildman–Crippen MR) is 104 cm³/mol. The van der Waals surface area contributed by atoms with Crippen molar-refractivity contribution >= 4 is 34.6 Å². The zero-order chi connectivity index (χ0) is 19.7. The average molecular weight is 402 g/mol. The molecule has 0 unspecified atom stereocenters. The van der Waals surface area contributed by atoms with Gasteiger partial charge in [0.2, 0.25) is 12.7 Å². The number of nitrogens with one attached hydrogen (secondary N) is 1. The van der Waals surface area contributed by atoms with Crippen LogP contribution in [0.4, 0.5) is 4.39 Å². The summed E-state index contributed by atoms with van der Waals surface area (Å²) in [5, 5.41) is 3.25. The van der Waals surface area contributed by atoms with Gasteiger partial charge in [-0.05, 0) is 35.9 Å². The molecule has 0 atom stereocenters. The second-order valence-electron chi connectivity index (χ2n) is 6.33. The van der Waals surface area contributed by atoms with Gasteiger partial charge < -0.3 is 19.4 Å². The van der Waals surface area contributed by atoms with Crippen molar-refractivity contribution in [3.8, 4) is 11.5 Å². The number of hydrogen-bond acceptors (Lipinski definition) is 4. The standard InChI is InChI=1S/C20H17ClFN3O3/c1-25-16-4-3-13(22)10-15(16)24-18(25)6-7-23-19(26)5-2-12-8-14(21)20-17(9-12)27-11-28-20/h2-5,8-10H,6-7,11H2,1H3,(H,23,26)/b5-2+. The Morgan fingerprint density at radius 2 is 2.21 bits per heavy atom. The summed E-state index contributed by atoms with van der Waals surface area (Å²) in [5.74, 6) is 1.29. The minimum absolute atomic E-state index is 0.136. The van der Waals surface area contributed by atoms with Crippen LogP contribution in [0.1, 0.15) is 11.4 Å². The van der Waals surface area contributed by atoms with Gasteiger partial charge in [0.05, 0.1) is 16.1 Å². The Kier molecular flexibility index (Phi) is 4.92. The summed E-state index contributed by atoms with van der Waals surface area (Å²) in [5.41, 5.74) is 2.19. The molecule has 0 fully saturated rings. The first kappa shape index (κ1) is 18.3. The number of amides is 1. The summed E-state index contributed by atoms with van der Waals surface area (Å²) in [6.45, 7) is 0.544. The summed E-state index contributed by atoms with van der Waals surface area (Å²) < 4.78 is 25.8. The van der Waals surface area contributed by atoms with Crippen LogP contribution in [0.3, 0.4) is 0 Å². The van der Waals surface area contributed by atoms with E-state index >= 15 is 0 Å². The third-order valence-electron chi connectivity index (χ3n) is 4.46. The lowest BCUT2D eigenvalue weighted by atomic mass is 10.2. The SMILES string of the molecule is Cn1c(CCNC(=O)/C=C/c2cc(Cl)c3c(c2)OCO3)nc2cc(F)ccc21. The number of aromatic nitrogens is 2. The van der Waals surface area contributed by atoms with E-state index in [0.717, 1.165) is 16.9 Å².